The Morgan fingerprint density at radius 2 is 1.70 bits per heavy atom. The third-order valence-corrected chi connectivity index (χ3v) is 5.90. The molecule has 154 valence electrons. The summed E-state index contributed by atoms with van der Waals surface area (Å²) in [7, 11) is 1.62. The van der Waals surface area contributed by atoms with Gasteiger partial charge in [0.15, 0.2) is 0 Å². The molecule has 0 radical (unpaired) electrons. The number of fused-ring (bicyclic) bond motifs is 1. The molecule has 8 heteroatoms. The number of anilines is 1. The van der Waals surface area contributed by atoms with Gasteiger partial charge < -0.3 is 14.5 Å². The Kier molecular flexibility index (Phi) is 4.90. The molecule has 8 nitrogen and oxygen atoms in total. The normalized spacial score (nSPS) is 17.2. The van der Waals surface area contributed by atoms with E-state index in [9.17, 15) is 4.79 Å². The minimum Gasteiger partial charge on any atom is -0.481 e. The number of carbonyl (C=O) groups excluding carboxylic acids is 1. The molecular formula is C22H24N6O2. The lowest BCUT2D eigenvalue weighted by atomic mass is 10.0. The van der Waals surface area contributed by atoms with Crippen LogP contribution in [-0.2, 0) is 0 Å². The van der Waals surface area contributed by atoms with Gasteiger partial charge in [-0.3, -0.25) is 14.8 Å². The van der Waals surface area contributed by atoms with Crippen molar-refractivity contribution in [2.75, 3.05) is 25.1 Å². The maximum absolute atomic E-state index is 13.0. The molecule has 5 rings (SSSR count). The predicted octanol–water partition coefficient (Wildman–Crippen LogP) is 2.70. The fourth-order valence-corrected chi connectivity index (χ4v) is 4.23. The third kappa shape index (κ3) is 3.65. The summed E-state index contributed by atoms with van der Waals surface area (Å²) in [5, 5.41) is 0. The van der Waals surface area contributed by atoms with Crippen molar-refractivity contribution in [1.82, 2.24) is 24.8 Å². The molecule has 0 spiro atoms. The first-order valence-electron chi connectivity index (χ1n) is 10.4. The summed E-state index contributed by atoms with van der Waals surface area (Å²) >= 11 is 0. The largest absolute Gasteiger partial charge is 0.481 e. The van der Waals surface area contributed by atoms with Gasteiger partial charge >= 0.3 is 0 Å². The average molecular weight is 404 g/mol. The second-order valence-corrected chi connectivity index (χ2v) is 7.84. The van der Waals surface area contributed by atoms with Crippen molar-refractivity contribution < 1.29 is 9.53 Å². The first-order chi connectivity index (χ1) is 14.7. The van der Waals surface area contributed by atoms with Crippen molar-refractivity contribution in [3.63, 3.8) is 0 Å². The molecule has 0 bridgehead atoms. The molecule has 2 fully saturated rings. The van der Waals surface area contributed by atoms with E-state index in [1.54, 1.807) is 25.8 Å². The van der Waals surface area contributed by atoms with Gasteiger partial charge in [-0.15, -0.1) is 0 Å². The quantitative estimate of drug-likeness (QED) is 0.646. The molecule has 1 aliphatic carbocycles. The smallest absolute Gasteiger partial charge is 0.253 e. The standard InChI is InChI=1S/C22H24N6O2/c1-30-21-13-20(25-14-26-21)28(16-3-4-16)17-6-10-27(11-7-17)22(29)15-2-5-18-19(12-15)24-9-8-23-18/h2,5,8-9,12-14,16-17H,3-4,6-7,10-11H2,1H3. The van der Waals surface area contributed by atoms with Gasteiger partial charge in [0.25, 0.3) is 5.91 Å². The van der Waals surface area contributed by atoms with Crippen LogP contribution in [0.15, 0.2) is 43.0 Å². The summed E-state index contributed by atoms with van der Waals surface area (Å²) in [6.07, 6.45) is 9.08. The van der Waals surface area contributed by atoms with E-state index in [0.29, 0.717) is 23.5 Å². The van der Waals surface area contributed by atoms with E-state index in [-0.39, 0.29) is 5.91 Å². The van der Waals surface area contributed by atoms with Crippen LogP contribution in [0.4, 0.5) is 5.82 Å². The number of carbonyl (C=O) groups is 1. The van der Waals surface area contributed by atoms with Crippen molar-refractivity contribution in [3.8, 4) is 5.88 Å². The van der Waals surface area contributed by atoms with Gasteiger partial charge in [-0.2, -0.15) is 0 Å². The van der Waals surface area contributed by atoms with Crippen LogP contribution in [-0.4, -0.2) is 63.0 Å². The minimum absolute atomic E-state index is 0.0580. The summed E-state index contributed by atoms with van der Waals surface area (Å²) in [6, 6.07) is 8.33. The van der Waals surface area contributed by atoms with Crippen LogP contribution < -0.4 is 9.64 Å². The van der Waals surface area contributed by atoms with Crippen molar-refractivity contribution in [3.05, 3.63) is 48.5 Å². The number of nitrogens with zero attached hydrogens (tertiary/aromatic N) is 6. The molecule has 30 heavy (non-hydrogen) atoms. The number of benzene rings is 1. The Labute approximate surface area is 174 Å². The number of hydrogen-bond donors (Lipinski definition) is 0. The van der Waals surface area contributed by atoms with Crippen LogP contribution in [0.3, 0.4) is 0 Å². The Hall–Kier alpha value is -3.29. The molecule has 3 heterocycles. The van der Waals surface area contributed by atoms with E-state index >= 15 is 0 Å². The van der Waals surface area contributed by atoms with Crippen LogP contribution >= 0.6 is 0 Å². The summed E-state index contributed by atoms with van der Waals surface area (Å²) in [5.74, 6) is 1.56. The summed E-state index contributed by atoms with van der Waals surface area (Å²) in [6.45, 7) is 1.46. The zero-order valence-corrected chi connectivity index (χ0v) is 16.9. The van der Waals surface area contributed by atoms with Crippen LogP contribution in [0.5, 0.6) is 5.88 Å². The van der Waals surface area contributed by atoms with Gasteiger partial charge in [0, 0.05) is 49.2 Å². The molecule has 3 aromatic rings. The highest BCUT2D eigenvalue weighted by atomic mass is 16.5. The van der Waals surface area contributed by atoms with Gasteiger partial charge in [0.1, 0.15) is 12.1 Å². The van der Waals surface area contributed by atoms with Gasteiger partial charge in [0.05, 0.1) is 18.1 Å². The summed E-state index contributed by atoms with van der Waals surface area (Å²) in [5.41, 5.74) is 2.21. The van der Waals surface area contributed by atoms with Gasteiger partial charge in [-0.25, -0.2) is 9.97 Å². The summed E-state index contributed by atoms with van der Waals surface area (Å²) in [4.78, 5) is 34.6. The first kappa shape index (κ1) is 18.7. The van der Waals surface area contributed by atoms with E-state index in [1.807, 2.05) is 29.2 Å². The van der Waals surface area contributed by atoms with Gasteiger partial charge in [0.2, 0.25) is 5.88 Å². The molecule has 0 unspecified atom stereocenters. The number of piperidine rings is 1. The monoisotopic (exact) mass is 404 g/mol. The number of hydrogen-bond acceptors (Lipinski definition) is 7. The van der Waals surface area contributed by atoms with E-state index in [1.165, 1.54) is 12.8 Å². The molecule has 1 saturated heterocycles. The van der Waals surface area contributed by atoms with E-state index in [2.05, 4.69) is 24.8 Å². The molecule has 1 amide bonds. The second kappa shape index (κ2) is 7.85. The zero-order chi connectivity index (χ0) is 20.5. The predicted molar refractivity (Wildman–Crippen MR) is 113 cm³/mol. The van der Waals surface area contributed by atoms with E-state index in [4.69, 9.17) is 4.74 Å². The van der Waals surface area contributed by atoms with Crippen LogP contribution in [0.2, 0.25) is 0 Å². The highest BCUT2D eigenvalue weighted by Gasteiger charge is 2.37. The highest BCUT2D eigenvalue weighted by Crippen LogP contribution is 2.36. The number of likely N-dealkylation sites (tertiary alicyclic amines) is 1. The first-order valence-corrected chi connectivity index (χ1v) is 10.4. The lowest BCUT2D eigenvalue weighted by molar-refractivity contribution is 0.0712. The molecule has 2 aliphatic rings. The number of ether oxygens (including phenoxy) is 1. The maximum Gasteiger partial charge on any atom is 0.253 e. The lowest BCUT2D eigenvalue weighted by Crippen LogP contribution is -2.48. The average Bonchev–Trinajstić information content (AvgIpc) is 3.64. The van der Waals surface area contributed by atoms with Gasteiger partial charge in [-0.05, 0) is 43.9 Å². The van der Waals surface area contributed by atoms with E-state index < -0.39 is 0 Å². The van der Waals surface area contributed by atoms with Crippen molar-refractivity contribution in [2.24, 2.45) is 0 Å². The third-order valence-electron chi connectivity index (χ3n) is 5.90. The van der Waals surface area contributed by atoms with Crippen molar-refractivity contribution in [2.45, 2.75) is 37.8 Å². The Balaban J connectivity index is 1.29. The van der Waals surface area contributed by atoms with Crippen molar-refractivity contribution in [1.29, 1.82) is 0 Å². The molecular weight excluding hydrogens is 380 g/mol. The fourth-order valence-electron chi connectivity index (χ4n) is 4.23. The number of methoxy groups -OCH3 is 1. The summed E-state index contributed by atoms with van der Waals surface area (Å²) < 4.78 is 5.28. The topological polar surface area (TPSA) is 84.3 Å². The van der Waals surface area contributed by atoms with Gasteiger partial charge in [-0.1, -0.05) is 0 Å². The lowest BCUT2D eigenvalue weighted by Gasteiger charge is -2.39. The molecule has 1 saturated carbocycles. The Morgan fingerprint density at radius 1 is 0.967 bits per heavy atom. The molecule has 2 aromatic heterocycles. The Morgan fingerprint density at radius 3 is 2.43 bits per heavy atom. The van der Waals surface area contributed by atoms with Crippen LogP contribution in [0.25, 0.3) is 11.0 Å². The highest BCUT2D eigenvalue weighted by molar-refractivity contribution is 5.97. The van der Waals surface area contributed by atoms with E-state index in [0.717, 1.165) is 42.8 Å². The molecule has 0 atom stereocenters. The minimum atomic E-state index is 0.0580. The second-order valence-electron chi connectivity index (χ2n) is 7.84. The maximum atomic E-state index is 13.0. The van der Waals surface area contributed by atoms with Crippen LogP contribution in [0, 0.1) is 0 Å². The van der Waals surface area contributed by atoms with Crippen LogP contribution in [0.1, 0.15) is 36.0 Å². The Bertz CT molecular complexity index is 1060. The molecule has 1 aliphatic heterocycles. The SMILES string of the molecule is COc1cc(N(C2CC2)C2CCN(C(=O)c3ccc4nccnc4c3)CC2)ncn1. The van der Waals surface area contributed by atoms with Crippen molar-refractivity contribution >= 4 is 22.8 Å². The molecule has 1 aromatic carbocycles. The fraction of sp³-hybridized carbons (Fsp3) is 0.409. The number of aromatic nitrogens is 4. The molecule has 0 N–H and O–H groups in total. The zero-order valence-electron chi connectivity index (χ0n) is 16.9. The number of rotatable bonds is 5. The number of amides is 1.